The molecule has 1 rings (SSSR count). The van der Waals surface area contributed by atoms with E-state index in [0.29, 0.717) is 12.2 Å². The summed E-state index contributed by atoms with van der Waals surface area (Å²) in [4.78, 5) is 43.9. The van der Waals surface area contributed by atoms with Crippen LogP contribution in [0, 0.1) is 6.92 Å². The largest absolute Gasteiger partial charge is 0.478 e. The average molecular weight is 318 g/mol. The third kappa shape index (κ3) is 6.71. The number of rotatable bonds is 6. The topological polar surface area (TPSA) is 133 Å². The molecule has 0 aliphatic rings. The van der Waals surface area contributed by atoms with Crippen molar-refractivity contribution in [1.29, 1.82) is 0 Å². The summed E-state index contributed by atoms with van der Waals surface area (Å²) in [6, 6.07) is 4.78. The summed E-state index contributed by atoms with van der Waals surface area (Å²) in [6.45, 7) is 1.76. The molecule has 4 N–H and O–H groups in total. The van der Waals surface area contributed by atoms with Crippen molar-refractivity contribution in [2.75, 3.05) is 10.6 Å². The zero-order valence-electron chi connectivity index (χ0n) is 12.1. The molecule has 23 heavy (non-hydrogen) atoms. The quantitative estimate of drug-likeness (QED) is 0.582. The average Bonchev–Trinajstić information content (AvgIpc) is 2.46. The van der Waals surface area contributed by atoms with Gasteiger partial charge in [-0.05, 0) is 24.6 Å². The Balaban J connectivity index is 2.92. The summed E-state index contributed by atoms with van der Waals surface area (Å²) >= 11 is 0. The minimum atomic E-state index is -1.27. The van der Waals surface area contributed by atoms with Crippen molar-refractivity contribution < 1.29 is 29.4 Å². The second-order valence-corrected chi connectivity index (χ2v) is 4.37. The minimum Gasteiger partial charge on any atom is -0.478 e. The Bertz CT molecular complexity index is 706. The number of anilines is 2. The van der Waals surface area contributed by atoms with Crippen molar-refractivity contribution in [3.8, 4) is 0 Å². The SMILES string of the molecule is Cc1ccc(NC(=O)/C=C/C(=O)O)c(NC(=O)/C=C/C(=O)O)c1. The number of carboxylic acids is 2. The smallest absolute Gasteiger partial charge is 0.328 e. The Morgan fingerprint density at radius 3 is 1.78 bits per heavy atom. The molecular weight excluding hydrogens is 304 g/mol. The Labute approximate surface area is 131 Å². The van der Waals surface area contributed by atoms with Crippen LogP contribution in [0.3, 0.4) is 0 Å². The minimum absolute atomic E-state index is 0.243. The van der Waals surface area contributed by atoms with Crippen LogP contribution in [0.4, 0.5) is 11.4 Å². The molecule has 0 bridgehead atoms. The molecule has 0 aliphatic heterocycles. The molecule has 1 aromatic carbocycles. The fourth-order valence-corrected chi connectivity index (χ4v) is 1.51. The van der Waals surface area contributed by atoms with Gasteiger partial charge in [-0.3, -0.25) is 9.59 Å². The van der Waals surface area contributed by atoms with Gasteiger partial charge in [-0.2, -0.15) is 0 Å². The van der Waals surface area contributed by atoms with Gasteiger partial charge in [-0.15, -0.1) is 0 Å². The predicted octanol–water partition coefficient (Wildman–Crippen LogP) is 1.15. The van der Waals surface area contributed by atoms with E-state index in [1.807, 2.05) is 0 Å². The molecule has 0 heterocycles. The first-order valence-electron chi connectivity index (χ1n) is 6.32. The maximum atomic E-state index is 11.6. The highest BCUT2D eigenvalue weighted by atomic mass is 16.4. The molecule has 0 atom stereocenters. The molecule has 0 spiro atoms. The van der Waals surface area contributed by atoms with Crippen molar-refractivity contribution in [2.24, 2.45) is 0 Å². The molecule has 0 saturated heterocycles. The highest BCUT2D eigenvalue weighted by Crippen LogP contribution is 2.23. The van der Waals surface area contributed by atoms with E-state index in [0.717, 1.165) is 17.7 Å². The van der Waals surface area contributed by atoms with E-state index in [1.54, 1.807) is 19.1 Å². The van der Waals surface area contributed by atoms with Gasteiger partial charge in [-0.1, -0.05) is 6.07 Å². The lowest BCUT2D eigenvalue weighted by Gasteiger charge is -2.11. The van der Waals surface area contributed by atoms with Crippen LogP contribution < -0.4 is 10.6 Å². The van der Waals surface area contributed by atoms with Crippen molar-refractivity contribution >= 4 is 35.1 Å². The third-order valence-electron chi connectivity index (χ3n) is 2.45. The number of carboxylic acid groups (broad SMARTS) is 2. The van der Waals surface area contributed by atoms with Crippen LogP contribution >= 0.6 is 0 Å². The molecule has 1 aromatic rings. The lowest BCUT2D eigenvalue weighted by Crippen LogP contribution is -2.14. The maximum Gasteiger partial charge on any atom is 0.328 e. The van der Waals surface area contributed by atoms with E-state index >= 15 is 0 Å². The Hall–Kier alpha value is -3.42. The van der Waals surface area contributed by atoms with Crippen LogP contribution in [0.15, 0.2) is 42.5 Å². The van der Waals surface area contributed by atoms with Crippen molar-refractivity contribution in [2.45, 2.75) is 6.92 Å². The summed E-state index contributed by atoms with van der Waals surface area (Å²) in [5, 5.41) is 21.8. The molecule has 0 aliphatic carbocycles. The summed E-state index contributed by atoms with van der Waals surface area (Å²) in [6.07, 6.45) is 3.02. The fraction of sp³-hybridized carbons (Fsp3) is 0.0667. The molecule has 0 radical (unpaired) electrons. The molecule has 2 amide bonds. The van der Waals surface area contributed by atoms with Crippen molar-refractivity contribution in [3.63, 3.8) is 0 Å². The number of benzene rings is 1. The second-order valence-electron chi connectivity index (χ2n) is 4.37. The van der Waals surface area contributed by atoms with E-state index < -0.39 is 23.8 Å². The monoisotopic (exact) mass is 318 g/mol. The van der Waals surface area contributed by atoms with Gasteiger partial charge in [0.2, 0.25) is 11.8 Å². The van der Waals surface area contributed by atoms with Gasteiger partial charge in [-0.25, -0.2) is 9.59 Å². The zero-order valence-corrected chi connectivity index (χ0v) is 12.1. The van der Waals surface area contributed by atoms with Gasteiger partial charge >= 0.3 is 11.9 Å². The third-order valence-corrected chi connectivity index (χ3v) is 2.45. The van der Waals surface area contributed by atoms with Crippen molar-refractivity contribution in [1.82, 2.24) is 0 Å². The first kappa shape index (κ1) is 17.6. The van der Waals surface area contributed by atoms with E-state index in [-0.39, 0.29) is 11.4 Å². The van der Waals surface area contributed by atoms with Gasteiger partial charge in [0.15, 0.2) is 0 Å². The Morgan fingerprint density at radius 2 is 1.30 bits per heavy atom. The number of hydrogen-bond acceptors (Lipinski definition) is 4. The molecular formula is C15H14N2O6. The van der Waals surface area contributed by atoms with Crippen LogP contribution in [0.2, 0.25) is 0 Å². The Morgan fingerprint density at radius 1 is 0.826 bits per heavy atom. The number of hydrogen-bond donors (Lipinski definition) is 4. The van der Waals surface area contributed by atoms with Crippen molar-refractivity contribution in [3.05, 3.63) is 48.1 Å². The Kier molecular flexibility index (Phi) is 6.23. The normalized spacial score (nSPS) is 10.7. The molecule has 8 heteroatoms. The number of carbonyl (C=O) groups is 4. The van der Waals surface area contributed by atoms with Gasteiger partial charge in [0.25, 0.3) is 0 Å². The molecule has 120 valence electrons. The van der Waals surface area contributed by atoms with Gasteiger partial charge in [0.1, 0.15) is 0 Å². The van der Waals surface area contributed by atoms with Crippen LogP contribution in [0.5, 0.6) is 0 Å². The van der Waals surface area contributed by atoms with Crippen LogP contribution in [0.1, 0.15) is 5.56 Å². The molecule has 8 nitrogen and oxygen atoms in total. The fourth-order valence-electron chi connectivity index (χ4n) is 1.51. The summed E-state index contributed by atoms with van der Waals surface area (Å²) in [5.41, 5.74) is 1.29. The first-order chi connectivity index (χ1) is 10.8. The number of aryl methyl sites for hydroxylation is 1. The lowest BCUT2D eigenvalue weighted by atomic mass is 10.2. The lowest BCUT2D eigenvalue weighted by molar-refractivity contribution is -0.132. The molecule has 0 saturated carbocycles. The van der Waals surface area contributed by atoms with E-state index in [4.69, 9.17) is 10.2 Å². The number of carbonyl (C=O) groups excluding carboxylic acids is 2. The number of amides is 2. The van der Waals surface area contributed by atoms with Gasteiger partial charge < -0.3 is 20.8 Å². The maximum absolute atomic E-state index is 11.6. The summed E-state index contributed by atoms with van der Waals surface area (Å²) < 4.78 is 0. The van der Waals surface area contributed by atoms with Crippen LogP contribution in [0.25, 0.3) is 0 Å². The van der Waals surface area contributed by atoms with E-state index in [1.165, 1.54) is 6.07 Å². The van der Waals surface area contributed by atoms with E-state index in [9.17, 15) is 19.2 Å². The molecule has 0 aromatic heterocycles. The van der Waals surface area contributed by atoms with E-state index in [2.05, 4.69) is 10.6 Å². The number of nitrogens with one attached hydrogen (secondary N) is 2. The highest BCUT2D eigenvalue weighted by molar-refractivity contribution is 6.08. The van der Waals surface area contributed by atoms with Gasteiger partial charge in [0.05, 0.1) is 11.4 Å². The van der Waals surface area contributed by atoms with Crippen LogP contribution in [-0.2, 0) is 19.2 Å². The van der Waals surface area contributed by atoms with Gasteiger partial charge in [0, 0.05) is 24.3 Å². The second kappa shape index (κ2) is 8.13. The predicted molar refractivity (Wildman–Crippen MR) is 82.0 cm³/mol. The standard InChI is InChI=1S/C15H14N2O6/c1-9-2-3-10(16-12(18)4-6-14(20)21)11(8-9)17-13(19)5-7-15(22)23/h2-8H,1H3,(H,16,18)(H,17,19)(H,20,21)(H,22,23)/b6-4+,7-5+. The zero-order chi connectivity index (χ0) is 17.4. The first-order valence-corrected chi connectivity index (χ1v) is 6.32. The highest BCUT2D eigenvalue weighted by Gasteiger charge is 2.08. The molecule has 0 unspecified atom stereocenters. The molecule has 0 fully saturated rings. The number of aliphatic carboxylic acids is 2. The summed E-state index contributed by atoms with van der Waals surface area (Å²) in [5.74, 6) is -3.91. The van der Waals surface area contributed by atoms with Crippen LogP contribution in [-0.4, -0.2) is 34.0 Å². The summed E-state index contributed by atoms with van der Waals surface area (Å²) in [7, 11) is 0.